The lowest BCUT2D eigenvalue weighted by atomic mass is 9.78. The monoisotopic (exact) mass is 486 g/mol. The molecule has 6 aromatic rings. The van der Waals surface area contributed by atoms with Crippen LogP contribution in [0.5, 0.6) is 0 Å². The summed E-state index contributed by atoms with van der Waals surface area (Å²) in [6.07, 6.45) is 0.902. The Kier molecular flexibility index (Phi) is 6.96. The summed E-state index contributed by atoms with van der Waals surface area (Å²) >= 11 is 0. The molecular formula is C38H30. The molecule has 0 saturated carbocycles. The molecule has 0 fully saturated rings. The molecule has 0 heterocycles. The highest BCUT2D eigenvalue weighted by atomic mass is 14.3. The van der Waals surface area contributed by atoms with E-state index >= 15 is 0 Å². The third-order valence-electron chi connectivity index (χ3n) is 7.37. The highest BCUT2D eigenvalue weighted by molar-refractivity contribution is 5.74. The van der Waals surface area contributed by atoms with Gasteiger partial charge in [0, 0.05) is 5.92 Å². The highest BCUT2D eigenvalue weighted by Gasteiger charge is 2.23. The molecule has 0 nitrogen and oxygen atoms in total. The van der Waals surface area contributed by atoms with Gasteiger partial charge in [-0.2, -0.15) is 0 Å². The molecule has 0 amide bonds. The van der Waals surface area contributed by atoms with Crippen LogP contribution < -0.4 is 0 Å². The zero-order chi connectivity index (χ0) is 25.6. The van der Waals surface area contributed by atoms with Crippen LogP contribution in [0.4, 0.5) is 0 Å². The SMILES string of the molecule is c1ccc(-c2ccccc2CC(c2ccccc2-c2ccccc2)c2ccccc2-c2ccccc2)cc1. The molecule has 0 aromatic heterocycles. The molecule has 0 unspecified atom stereocenters. The van der Waals surface area contributed by atoms with E-state index in [1.807, 2.05) is 0 Å². The van der Waals surface area contributed by atoms with Crippen LogP contribution in [-0.2, 0) is 6.42 Å². The summed E-state index contributed by atoms with van der Waals surface area (Å²) in [6.45, 7) is 0. The van der Waals surface area contributed by atoms with Gasteiger partial charge in [0.2, 0.25) is 0 Å². The Morgan fingerprint density at radius 1 is 0.316 bits per heavy atom. The predicted octanol–water partition coefficient (Wildman–Crippen LogP) is 10.1. The zero-order valence-electron chi connectivity index (χ0n) is 21.4. The molecule has 0 aliphatic heterocycles. The van der Waals surface area contributed by atoms with Crippen molar-refractivity contribution in [3.05, 3.63) is 180 Å². The first kappa shape index (κ1) is 23.7. The summed E-state index contributed by atoms with van der Waals surface area (Å²) < 4.78 is 0. The van der Waals surface area contributed by atoms with Gasteiger partial charge in [-0.25, -0.2) is 0 Å². The van der Waals surface area contributed by atoms with Gasteiger partial charge in [0.15, 0.2) is 0 Å². The number of benzene rings is 6. The predicted molar refractivity (Wildman–Crippen MR) is 161 cm³/mol. The Balaban J connectivity index is 1.56. The van der Waals surface area contributed by atoms with Crippen LogP contribution in [0.2, 0.25) is 0 Å². The lowest BCUT2D eigenvalue weighted by molar-refractivity contribution is 0.810. The summed E-state index contributed by atoms with van der Waals surface area (Å²) in [4.78, 5) is 0. The maximum Gasteiger partial charge on any atom is 0.0142 e. The minimum atomic E-state index is 0.174. The topological polar surface area (TPSA) is 0 Å². The van der Waals surface area contributed by atoms with E-state index in [4.69, 9.17) is 0 Å². The second-order valence-electron chi connectivity index (χ2n) is 9.69. The molecule has 0 radical (unpaired) electrons. The molecule has 38 heavy (non-hydrogen) atoms. The maximum atomic E-state index is 2.32. The summed E-state index contributed by atoms with van der Waals surface area (Å²) in [7, 11) is 0. The van der Waals surface area contributed by atoms with Crippen molar-refractivity contribution in [2.75, 3.05) is 0 Å². The second kappa shape index (κ2) is 11.2. The number of hydrogen-bond donors (Lipinski definition) is 0. The summed E-state index contributed by atoms with van der Waals surface area (Å²) in [5.41, 5.74) is 11.7. The van der Waals surface area contributed by atoms with Gasteiger partial charge < -0.3 is 0 Å². The standard InChI is InChI=1S/C38H30/c1-4-16-29(17-5-1)33-23-11-10-22-32(33)28-38(36-26-14-12-24-34(36)30-18-6-2-7-19-30)37-27-15-13-25-35(37)31-20-8-3-9-21-31/h1-27,38H,28H2. The molecule has 0 spiro atoms. The van der Waals surface area contributed by atoms with Crippen LogP contribution >= 0.6 is 0 Å². The van der Waals surface area contributed by atoms with Crippen molar-refractivity contribution in [3.63, 3.8) is 0 Å². The number of rotatable bonds is 7. The van der Waals surface area contributed by atoms with Crippen molar-refractivity contribution in [2.24, 2.45) is 0 Å². The largest absolute Gasteiger partial charge is 0.0622 e. The lowest BCUT2D eigenvalue weighted by Gasteiger charge is -2.25. The van der Waals surface area contributed by atoms with Gasteiger partial charge in [0.25, 0.3) is 0 Å². The zero-order valence-corrected chi connectivity index (χ0v) is 21.4. The summed E-state index contributed by atoms with van der Waals surface area (Å²) in [6, 6.07) is 59.1. The molecule has 182 valence electrons. The van der Waals surface area contributed by atoms with Crippen LogP contribution in [0.15, 0.2) is 164 Å². The van der Waals surface area contributed by atoms with E-state index < -0.39 is 0 Å². The minimum Gasteiger partial charge on any atom is -0.0622 e. The minimum absolute atomic E-state index is 0.174. The van der Waals surface area contributed by atoms with Crippen molar-refractivity contribution < 1.29 is 0 Å². The fraction of sp³-hybridized carbons (Fsp3) is 0.0526. The van der Waals surface area contributed by atoms with Crippen LogP contribution in [0.3, 0.4) is 0 Å². The molecule has 0 bridgehead atoms. The van der Waals surface area contributed by atoms with E-state index in [1.54, 1.807) is 0 Å². The highest BCUT2D eigenvalue weighted by Crippen LogP contribution is 2.41. The van der Waals surface area contributed by atoms with Crippen molar-refractivity contribution in [1.82, 2.24) is 0 Å². The first-order valence-electron chi connectivity index (χ1n) is 13.3. The van der Waals surface area contributed by atoms with Crippen LogP contribution in [0, 0.1) is 0 Å². The summed E-state index contributed by atoms with van der Waals surface area (Å²) in [5.74, 6) is 0.174. The Bertz CT molecular complexity index is 1530. The van der Waals surface area contributed by atoms with Gasteiger partial charge in [0.05, 0.1) is 0 Å². The smallest absolute Gasteiger partial charge is 0.0142 e. The van der Waals surface area contributed by atoms with Crippen molar-refractivity contribution >= 4 is 0 Å². The fourth-order valence-corrected chi connectivity index (χ4v) is 5.57. The quantitative estimate of drug-likeness (QED) is 0.211. The van der Waals surface area contributed by atoms with Crippen LogP contribution in [0.1, 0.15) is 22.6 Å². The third-order valence-corrected chi connectivity index (χ3v) is 7.37. The fourth-order valence-electron chi connectivity index (χ4n) is 5.57. The molecule has 0 saturated heterocycles. The van der Waals surface area contributed by atoms with Crippen LogP contribution in [-0.4, -0.2) is 0 Å². The first-order valence-corrected chi connectivity index (χ1v) is 13.3. The molecule has 6 rings (SSSR count). The Labute approximate surface area is 225 Å². The number of hydrogen-bond acceptors (Lipinski definition) is 0. The maximum absolute atomic E-state index is 2.32. The van der Waals surface area contributed by atoms with Gasteiger partial charge >= 0.3 is 0 Å². The molecular weight excluding hydrogens is 456 g/mol. The average molecular weight is 487 g/mol. The Morgan fingerprint density at radius 3 is 1.13 bits per heavy atom. The summed E-state index contributed by atoms with van der Waals surface area (Å²) in [5, 5.41) is 0. The van der Waals surface area contributed by atoms with Gasteiger partial charge in [-0.05, 0) is 56.5 Å². The average Bonchev–Trinajstić information content (AvgIpc) is 3.01. The molecule has 0 heteroatoms. The van der Waals surface area contributed by atoms with Gasteiger partial charge in [0.1, 0.15) is 0 Å². The normalized spacial score (nSPS) is 11.0. The molecule has 0 aliphatic carbocycles. The first-order chi connectivity index (χ1) is 18.9. The van der Waals surface area contributed by atoms with E-state index in [2.05, 4.69) is 164 Å². The van der Waals surface area contributed by atoms with Gasteiger partial charge in [-0.1, -0.05) is 164 Å². The van der Waals surface area contributed by atoms with E-state index in [9.17, 15) is 0 Å². The van der Waals surface area contributed by atoms with E-state index in [1.165, 1.54) is 50.1 Å². The molecule has 6 aromatic carbocycles. The molecule has 0 N–H and O–H groups in total. The van der Waals surface area contributed by atoms with E-state index in [-0.39, 0.29) is 5.92 Å². The second-order valence-corrected chi connectivity index (χ2v) is 9.69. The van der Waals surface area contributed by atoms with E-state index in [0.717, 1.165) is 6.42 Å². The van der Waals surface area contributed by atoms with Crippen molar-refractivity contribution in [2.45, 2.75) is 12.3 Å². The Hall–Kier alpha value is -4.68. The third kappa shape index (κ3) is 4.94. The Morgan fingerprint density at radius 2 is 0.658 bits per heavy atom. The molecule has 0 atom stereocenters. The van der Waals surface area contributed by atoms with E-state index in [0.29, 0.717) is 0 Å². The van der Waals surface area contributed by atoms with Gasteiger partial charge in [-0.15, -0.1) is 0 Å². The van der Waals surface area contributed by atoms with Crippen LogP contribution in [0.25, 0.3) is 33.4 Å². The van der Waals surface area contributed by atoms with Crippen molar-refractivity contribution in [1.29, 1.82) is 0 Å². The lowest BCUT2D eigenvalue weighted by Crippen LogP contribution is -2.09. The van der Waals surface area contributed by atoms with Gasteiger partial charge in [-0.3, -0.25) is 0 Å². The molecule has 0 aliphatic rings. The van der Waals surface area contributed by atoms with Crippen molar-refractivity contribution in [3.8, 4) is 33.4 Å².